The van der Waals surface area contributed by atoms with E-state index in [0.29, 0.717) is 31.7 Å². The van der Waals surface area contributed by atoms with Crippen LogP contribution in [0, 0.1) is 11.8 Å². The van der Waals surface area contributed by atoms with Gasteiger partial charge in [-0.15, -0.1) is 11.6 Å². The lowest BCUT2D eigenvalue weighted by molar-refractivity contribution is -0.187. The quantitative estimate of drug-likeness (QED) is 0.696. The fourth-order valence-electron chi connectivity index (χ4n) is 2.80. The minimum Gasteiger partial charge on any atom is -0.340 e. The number of carbonyl (C=O) groups is 1. The van der Waals surface area contributed by atoms with Crippen LogP contribution in [0.1, 0.15) is 46.0 Å². The van der Waals surface area contributed by atoms with Gasteiger partial charge in [-0.2, -0.15) is 13.2 Å². The van der Waals surface area contributed by atoms with Crippen LogP contribution in [0.3, 0.4) is 0 Å². The predicted molar refractivity (Wildman–Crippen MR) is 73.7 cm³/mol. The summed E-state index contributed by atoms with van der Waals surface area (Å²) in [4.78, 5) is 14.1. The predicted octanol–water partition coefficient (Wildman–Crippen LogP) is 4.22. The normalized spacial score (nSPS) is 23.9. The molecule has 1 aliphatic rings. The van der Waals surface area contributed by atoms with E-state index < -0.39 is 18.0 Å². The Morgan fingerprint density at radius 2 is 2.00 bits per heavy atom. The molecule has 0 aliphatic heterocycles. The maximum atomic E-state index is 12.8. The van der Waals surface area contributed by atoms with Crippen molar-refractivity contribution in [2.75, 3.05) is 12.4 Å². The van der Waals surface area contributed by atoms with Gasteiger partial charge in [0.15, 0.2) is 0 Å². The summed E-state index contributed by atoms with van der Waals surface area (Å²) in [5, 5.41) is 0. The first-order valence-electron chi connectivity index (χ1n) is 7.20. The highest BCUT2D eigenvalue weighted by Crippen LogP contribution is 2.40. The highest BCUT2D eigenvalue weighted by molar-refractivity contribution is 6.17. The topological polar surface area (TPSA) is 20.3 Å². The first kappa shape index (κ1) is 17.6. The third-order valence-corrected chi connectivity index (χ3v) is 4.19. The highest BCUT2D eigenvalue weighted by Gasteiger charge is 2.44. The summed E-state index contributed by atoms with van der Waals surface area (Å²) in [5.41, 5.74) is 0. The maximum Gasteiger partial charge on any atom is 0.391 e. The number of nitrogens with zero attached hydrogens (tertiary/aromatic N) is 1. The van der Waals surface area contributed by atoms with Crippen LogP contribution in [0.2, 0.25) is 0 Å². The van der Waals surface area contributed by atoms with Crippen LogP contribution < -0.4 is 0 Å². The van der Waals surface area contributed by atoms with Crippen molar-refractivity contribution in [3.63, 3.8) is 0 Å². The fourth-order valence-corrected chi connectivity index (χ4v) is 2.92. The van der Waals surface area contributed by atoms with Gasteiger partial charge in [0.1, 0.15) is 0 Å². The summed E-state index contributed by atoms with van der Waals surface area (Å²) in [6.45, 7) is 4.29. The number of amides is 1. The van der Waals surface area contributed by atoms with Gasteiger partial charge in [-0.1, -0.05) is 6.42 Å². The minimum absolute atomic E-state index is 0.00280. The summed E-state index contributed by atoms with van der Waals surface area (Å²) >= 11 is 5.64. The van der Waals surface area contributed by atoms with Crippen molar-refractivity contribution in [1.82, 2.24) is 4.90 Å². The van der Waals surface area contributed by atoms with Gasteiger partial charge in [0, 0.05) is 24.4 Å². The molecule has 0 heterocycles. The van der Waals surface area contributed by atoms with Gasteiger partial charge in [0.2, 0.25) is 5.91 Å². The monoisotopic (exact) mass is 313 g/mol. The molecular formula is C14H23ClF3NO. The molecule has 6 heteroatoms. The number of alkyl halides is 4. The van der Waals surface area contributed by atoms with Crippen molar-refractivity contribution in [3.05, 3.63) is 0 Å². The van der Waals surface area contributed by atoms with Gasteiger partial charge in [0.25, 0.3) is 0 Å². The molecule has 2 atom stereocenters. The molecule has 0 spiro atoms. The molecule has 0 aromatic carbocycles. The molecule has 1 saturated carbocycles. The molecule has 2 unspecified atom stereocenters. The molecular weight excluding hydrogens is 291 g/mol. The van der Waals surface area contributed by atoms with Gasteiger partial charge in [0.05, 0.1) is 5.92 Å². The Morgan fingerprint density at radius 1 is 1.35 bits per heavy atom. The average Bonchev–Trinajstić information content (AvgIpc) is 2.37. The molecule has 0 saturated heterocycles. The standard InChI is InChI=1S/C14H23ClF3NO/c1-10(2)19(8-4-7-15)13(20)11-5-3-6-12(9-11)14(16,17)18/h10-12H,3-9H2,1-2H3. The summed E-state index contributed by atoms with van der Waals surface area (Å²) in [6.07, 6.45) is -2.39. The van der Waals surface area contributed by atoms with Gasteiger partial charge in [-0.05, 0) is 39.5 Å². The third kappa shape index (κ3) is 4.83. The van der Waals surface area contributed by atoms with Crippen molar-refractivity contribution in [3.8, 4) is 0 Å². The zero-order chi connectivity index (χ0) is 15.3. The van der Waals surface area contributed by atoms with E-state index in [4.69, 9.17) is 11.6 Å². The summed E-state index contributed by atoms with van der Waals surface area (Å²) < 4.78 is 38.4. The Hall–Kier alpha value is -0.450. The molecule has 0 bridgehead atoms. The summed E-state index contributed by atoms with van der Waals surface area (Å²) in [7, 11) is 0. The molecule has 1 fully saturated rings. The number of carbonyl (C=O) groups excluding carboxylic acids is 1. The average molecular weight is 314 g/mol. The van der Waals surface area contributed by atoms with Crippen LogP contribution in [0.15, 0.2) is 0 Å². The summed E-state index contributed by atoms with van der Waals surface area (Å²) in [5.74, 6) is -1.51. The van der Waals surface area contributed by atoms with E-state index in [2.05, 4.69) is 0 Å². The lowest BCUT2D eigenvalue weighted by Crippen LogP contribution is -2.44. The van der Waals surface area contributed by atoms with Crippen molar-refractivity contribution >= 4 is 17.5 Å². The van der Waals surface area contributed by atoms with Crippen molar-refractivity contribution < 1.29 is 18.0 Å². The number of hydrogen-bond acceptors (Lipinski definition) is 1. The largest absolute Gasteiger partial charge is 0.391 e. The van der Waals surface area contributed by atoms with E-state index >= 15 is 0 Å². The molecule has 0 N–H and O–H groups in total. The van der Waals surface area contributed by atoms with Crippen LogP contribution in [0.25, 0.3) is 0 Å². The smallest absolute Gasteiger partial charge is 0.340 e. The molecule has 1 rings (SSSR count). The third-order valence-electron chi connectivity index (χ3n) is 3.93. The number of rotatable bonds is 5. The van der Waals surface area contributed by atoms with Gasteiger partial charge >= 0.3 is 6.18 Å². The van der Waals surface area contributed by atoms with E-state index in [-0.39, 0.29) is 24.8 Å². The zero-order valence-corrected chi connectivity index (χ0v) is 12.8. The molecule has 2 nitrogen and oxygen atoms in total. The van der Waals surface area contributed by atoms with E-state index in [9.17, 15) is 18.0 Å². The SMILES string of the molecule is CC(C)N(CCCCl)C(=O)C1CCCC(C(F)(F)F)C1. The Bertz CT molecular complexity index is 320. The zero-order valence-electron chi connectivity index (χ0n) is 12.0. The van der Waals surface area contributed by atoms with Gasteiger partial charge in [-0.25, -0.2) is 0 Å². The van der Waals surface area contributed by atoms with E-state index in [0.717, 1.165) is 0 Å². The summed E-state index contributed by atoms with van der Waals surface area (Å²) in [6, 6.07) is -0.00280. The minimum atomic E-state index is -4.18. The van der Waals surface area contributed by atoms with E-state index in [1.54, 1.807) is 4.90 Å². The molecule has 0 aromatic rings. The van der Waals surface area contributed by atoms with Gasteiger partial charge < -0.3 is 4.90 Å². The van der Waals surface area contributed by atoms with Crippen molar-refractivity contribution in [2.45, 2.75) is 58.2 Å². The Balaban J connectivity index is 2.68. The van der Waals surface area contributed by atoms with E-state index in [1.807, 2.05) is 13.8 Å². The number of halogens is 4. The Kier molecular flexibility index (Phi) is 6.62. The second-order valence-corrected chi connectivity index (χ2v) is 6.15. The molecule has 0 aromatic heterocycles. The molecule has 1 amide bonds. The second-order valence-electron chi connectivity index (χ2n) is 5.77. The first-order valence-corrected chi connectivity index (χ1v) is 7.74. The Labute approximate surface area is 123 Å². The Morgan fingerprint density at radius 3 is 2.50 bits per heavy atom. The highest BCUT2D eigenvalue weighted by atomic mass is 35.5. The van der Waals surface area contributed by atoms with Gasteiger partial charge in [-0.3, -0.25) is 4.79 Å². The van der Waals surface area contributed by atoms with E-state index in [1.165, 1.54) is 0 Å². The molecule has 118 valence electrons. The van der Waals surface area contributed by atoms with Crippen molar-refractivity contribution in [2.24, 2.45) is 11.8 Å². The van der Waals surface area contributed by atoms with Crippen LogP contribution in [0.4, 0.5) is 13.2 Å². The first-order chi connectivity index (χ1) is 9.27. The molecule has 1 aliphatic carbocycles. The fraction of sp³-hybridized carbons (Fsp3) is 0.929. The lowest BCUT2D eigenvalue weighted by Gasteiger charge is -2.35. The second kappa shape index (κ2) is 7.53. The van der Waals surface area contributed by atoms with Crippen LogP contribution in [-0.2, 0) is 4.79 Å². The lowest BCUT2D eigenvalue weighted by atomic mass is 9.80. The van der Waals surface area contributed by atoms with Crippen molar-refractivity contribution in [1.29, 1.82) is 0 Å². The van der Waals surface area contributed by atoms with Crippen LogP contribution >= 0.6 is 11.6 Å². The van der Waals surface area contributed by atoms with Crippen LogP contribution in [-0.4, -0.2) is 35.4 Å². The molecule has 20 heavy (non-hydrogen) atoms. The van der Waals surface area contributed by atoms with Crippen LogP contribution in [0.5, 0.6) is 0 Å². The molecule has 0 radical (unpaired) electrons. The number of hydrogen-bond donors (Lipinski definition) is 0. The maximum absolute atomic E-state index is 12.8.